The summed E-state index contributed by atoms with van der Waals surface area (Å²) in [6.07, 6.45) is -3.05. The van der Waals surface area contributed by atoms with E-state index in [9.17, 15) is 13.2 Å². The van der Waals surface area contributed by atoms with E-state index in [1.165, 1.54) is 12.3 Å². The molecule has 1 radical (unpaired) electrons. The smallest absolute Gasteiger partial charge is 0.432 e. The summed E-state index contributed by atoms with van der Waals surface area (Å²) in [5.74, 6) is 0. The van der Waals surface area contributed by atoms with Crippen molar-refractivity contribution in [2.24, 2.45) is 4.99 Å². The molecule has 0 unspecified atom stereocenters. The number of nitrogens with zero attached hydrogens (tertiary/aromatic N) is 1. The number of alkyl halides is 3. The van der Waals surface area contributed by atoms with Crippen LogP contribution < -0.4 is 0 Å². The van der Waals surface area contributed by atoms with E-state index in [0.29, 0.717) is 0 Å². The molecule has 1 aromatic rings. The van der Waals surface area contributed by atoms with Gasteiger partial charge in [0.25, 0.3) is 0 Å². The Hall–Kier alpha value is -0.741. The molecule has 0 saturated heterocycles. The van der Waals surface area contributed by atoms with Crippen LogP contribution in [0.4, 0.5) is 13.2 Å². The Morgan fingerprint density at radius 2 is 2.07 bits per heavy atom. The Labute approximate surface area is 96.5 Å². The maximum atomic E-state index is 12.5. The maximum Gasteiger partial charge on any atom is 2.00 e. The number of hydrogen-bond acceptors (Lipinski definition) is 1. The molecule has 0 aliphatic rings. The summed E-state index contributed by atoms with van der Waals surface area (Å²) in [7, 11) is 0. The molecule has 1 aromatic heterocycles. The number of aromatic nitrogens is 1. The van der Waals surface area contributed by atoms with Gasteiger partial charge < -0.3 is 9.98 Å². The fraction of sp³-hybridized carbons (Fsp3) is 0.444. The van der Waals surface area contributed by atoms with E-state index in [-0.39, 0.29) is 22.8 Å². The second-order valence-electron chi connectivity index (χ2n) is 3.07. The maximum absolute atomic E-state index is 12.5. The molecule has 0 fully saturated rings. The van der Waals surface area contributed by atoms with Crippen molar-refractivity contribution in [2.75, 3.05) is 0 Å². The molecule has 15 heavy (non-hydrogen) atoms. The monoisotopic (exact) mass is 258 g/mol. The molecule has 1 N–H and O–H groups in total. The minimum absolute atomic E-state index is 0. The van der Waals surface area contributed by atoms with E-state index in [0.717, 1.165) is 0 Å². The zero-order valence-corrected chi connectivity index (χ0v) is 9.37. The van der Waals surface area contributed by atoms with Gasteiger partial charge in [0.05, 0.1) is 5.71 Å². The van der Waals surface area contributed by atoms with Gasteiger partial charge in [-0.15, -0.1) is 0 Å². The Balaban J connectivity index is 0.00000196. The first-order valence-electron chi connectivity index (χ1n) is 4.11. The first-order chi connectivity index (χ1) is 6.41. The van der Waals surface area contributed by atoms with E-state index in [1.807, 2.05) is 0 Å². The summed E-state index contributed by atoms with van der Waals surface area (Å²) < 4.78 is 37.4. The van der Waals surface area contributed by atoms with Crippen molar-refractivity contribution in [3.63, 3.8) is 0 Å². The van der Waals surface area contributed by atoms with Crippen LogP contribution in [0.3, 0.4) is 0 Å². The number of hydrogen-bond donors (Lipinski definition) is 1. The van der Waals surface area contributed by atoms with Gasteiger partial charge in [-0.1, -0.05) is 11.9 Å². The zero-order valence-electron chi connectivity index (χ0n) is 8.19. The largest absolute Gasteiger partial charge is 2.00 e. The molecule has 0 saturated carbocycles. The molecule has 0 atom stereocenters. The average molecular weight is 258 g/mol. The molecular formula is C9H10F3MnN2+. The summed E-state index contributed by atoms with van der Waals surface area (Å²) in [5.41, 5.74) is -1.02. The van der Waals surface area contributed by atoms with Crippen molar-refractivity contribution in [3.8, 4) is 0 Å². The van der Waals surface area contributed by atoms with Crippen LogP contribution in [0.5, 0.6) is 0 Å². The van der Waals surface area contributed by atoms with Crippen LogP contribution in [-0.4, -0.2) is 22.9 Å². The Kier molecular flexibility index (Phi) is 5.11. The quantitative estimate of drug-likeness (QED) is 0.480. The fourth-order valence-corrected chi connectivity index (χ4v) is 0.966. The van der Waals surface area contributed by atoms with Crippen LogP contribution in [0.2, 0.25) is 0 Å². The standard InChI is InChI=1S/C9H10F3N2.Mn/c1-6(2)14-8(9(10,11)12)7-4-3-5-13-7;/h3,5-6,13H,1-2H3;/q-1;+2. The third-order valence-corrected chi connectivity index (χ3v) is 1.43. The van der Waals surface area contributed by atoms with Crippen molar-refractivity contribution in [1.29, 1.82) is 0 Å². The van der Waals surface area contributed by atoms with Gasteiger partial charge in [-0.05, 0) is 13.8 Å². The molecule has 2 nitrogen and oxygen atoms in total. The van der Waals surface area contributed by atoms with Gasteiger partial charge in [0.2, 0.25) is 0 Å². The molecule has 0 aliphatic carbocycles. The van der Waals surface area contributed by atoms with Gasteiger partial charge in [0, 0.05) is 6.04 Å². The topological polar surface area (TPSA) is 28.1 Å². The van der Waals surface area contributed by atoms with E-state index in [4.69, 9.17) is 0 Å². The van der Waals surface area contributed by atoms with Gasteiger partial charge >= 0.3 is 23.2 Å². The molecule has 0 aromatic carbocycles. The van der Waals surface area contributed by atoms with Crippen molar-refractivity contribution in [3.05, 3.63) is 24.0 Å². The van der Waals surface area contributed by atoms with Gasteiger partial charge in [0.1, 0.15) is 0 Å². The Morgan fingerprint density at radius 1 is 1.47 bits per heavy atom. The third-order valence-electron chi connectivity index (χ3n) is 1.43. The van der Waals surface area contributed by atoms with E-state index in [1.54, 1.807) is 13.8 Å². The SMILES string of the molecule is CC(C)N=C(c1[c-]cc[nH]1)C(F)(F)F.[Mn+2]. The Bertz CT molecular complexity index is 315. The number of rotatable bonds is 2. The molecule has 83 valence electrons. The van der Waals surface area contributed by atoms with Crippen molar-refractivity contribution < 1.29 is 30.2 Å². The summed E-state index contributed by atoms with van der Waals surface area (Å²) in [6, 6.07) is 3.43. The number of aromatic amines is 1. The van der Waals surface area contributed by atoms with Crippen LogP contribution in [-0.2, 0) is 17.1 Å². The molecular weight excluding hydrogens is 248 g/mol. The van der Waals surface area contributed by atoms with Gasteiger partial charge in [-0.3, -0.25) is 0 Å². The fourth-order valence-electron chi connectivity index (χ4n) is 0.966. The normalized spacial score (nSPS) is 12.8. The van der Waals surface area contributed by atoms with E-state index < -0.39 is 17.9 Å². The predicted molar refractivity (Wildman–Crippen MR) is 47.4 cm³/mol. The van der Waals surface area contributed by atoms with Crippen molar-refractivity contribution in [2.45, 2.75) is 26.1 Å². The predicted octanol–water partition coefficient (Wildman–Crippen LogP) is 2.57. The summed E-state index contributed by atoms with van der Waals surface area (Å²) in [4.78, 5) is 5.96. The van der Waals surface area contributed by atoms with Crippen LogP contribution in [0, 0.1) is 6.07 Å². The molecule has 0 aliphatic heterocycles. The third kappa shape index (κ3) is 4.10. The minimum atomic E-state index is -4.44. The number of nitrogens with one attached hydrogen (secondary N) is 1. The first-order valence-corrected chi connectivity index (χ1v) is 4.11. The van der Waals surface area contributed by atoms with Crippen LogP contribution >= 0.6 is 0 Å². The molecule has 0 amide bonds. The number of H-pyrrole nitrogens is 1. The molecule has 1 heterocycles. The zero-order chi connectivity index (χ0) is 10.8. The summed E-state index contributed by atoms with van der Waals surface area (Å²) in [6.45, 7) is 3.18. The average Bonchev–Trinajstić information content (AvgIpc) is 2.49. The van der Waals surface area contributed by atoms with E-state index in [2.05, 4.69) is 16.0 Å². The van der Waals surface area contributed by atoms with Crippen LogP contribution in [0.15, 0.2) is 17.3 Å². The van der Waals surface area contributed by atoms with Crippen molar-refractivity contribution >= 4 is 5.71 Å². The van der Waals surface area contributed by atoms with E-state index >= 15 is 0 Å². The molecule has 0 bridgehead atoms. The second kappa shape index (κ2) is 5.37. The summed E-state index contributed by atoms with van der Waals surface area (Å²) >= 11 is 0. The van der Waals surface area contributed by atoms with Gasteiger partial charge in [-0.25, -0.2) is 0 Å². The molecule has 0 spiro atoms. The Morgan fingerprint density at radius 3 is 2.40 bits per heavy atom. The van der Waals surface area contributed by atoms with Gasteiger partial charge in [-0.2, -0.15) is 25.3 Å². The number of halogens is 3. The minimum Gasteiger partial charge on any atom is -0.432 e. The van der Waals surface area contributed by atoms with Crippen LogP contribution in [0.25, 0.3) is 0 Å². The van der Waals surface area contributed by atoms with Crippen LogP contribution in [0.1, 0.15) is 19.5 Å². The van der Waals surface area contributed by atoms with Crippen molar-refractivity contribution in [1.82, 2.24) is 4.98 Å². The number of aliphatic imine (C=N–C) groups is 1. The molecule has 6 heteroatoms. The van der Waals surface area contributed by atoms with Gasteiger partial charge in [0.15, 0.2) is 0 Å². The summed E-state index contributed by atoms with van der Waals surface area (Å²) in [5, 5.41) is 0. The molecule has 1 rings (SSSR count). The second-order valence-corrected chi connectivity index (χ2v) is 3.07. The first kappa shape index (κ1) is 14.3.